The van der Waals surface area contributed by atoms with Crippen LogP contribution in [-0.4, -0.2) is 45.2 Å². The van der Waals surface area contributed by atoms with Gasteiger partial charge < -0.3 is 14.8 Å². The molecule has 0 aliphatic rings. The van der Waals surface area contributed by atoms with Crippen LogP contribution in [0.2, 0.25) is 0 Å². The minimum Gasteiger partial charge on any atom is -0.493 e. The second-order valence-corrected chi connectivity index (χ2v) is 6.27. The Hall–Kier alpha value is -3.04. The Morgan fingerprint density at radius 1 is 1.07 bits per heavy atom. The minimum absolute atomic E-state index is 0.0216. The molecule has 0 fully saturated rings. The van der Waals surface area contributed by atoms with E-state index in [0.29, 0.717) is 43.1 Å². The first-order chi connectivity index (χ1) is 13.0. The average Bonchev–Trinajstić information content (AvgIpc) is 2.68. The fourth-order valence-electron chi connectivity index (χ4n) is 2.74. The number of carbonyl (C=O) groups excluding carboxylic acids is 1. The number of likely N-dealkylation sites (N-methyl/N-ethyl adjacent to an activating group) is 1. The molecule has 0 spiro atoms. The molecule has 0 saturated carbocycles. The molecule has 0 heterocycles. The number of hydrogen-bond acceptors (Lipinski definition) is 5. The lowest BCUT2D eigenvalue weighted by atomic mass is 10.1. The van der Waals surface area contributed by atoms with Gasteiger partial charge in [0.2, 0.25) is 5.91 Å². The predicted octanol–water partition coefficient (Wildman–Crippen LogP) is 2.37. The van der Waals surface area contributed by atoms with Gasteiger partial charge in [-0.05, 0) is 48.9 Å². The molecule has 1 N–H and O–H groups in total. The van der Waals surface area contributed by atoms with Crippen molar-refractivity contribution in [1.82, 2.24) is 10.2 Å². The summed E-state index contributed by atoms with van der Waals surface area (Å²) in [5.74, 6) is 1.35. The van der Waals surface area contributed by atoms with E-state index in [9.17, 15) is 4.79 Å². The van der Waals surface area contributed by atoms with Gasteiger partial charge in [-0.25, -0.2) is 0 Å². The van der Waals surface area contributed by atoms with Gasteiger partial charge in [-0.2, -0.15) is 5.26 Å². The third-order valence-electron chi connectivity index (χ3n) is 4.13. The normalized spacial score (nSPS) is 10.3. The van der Waals surface area contributed by atoms with Crippen molar-refractivity contribution in [2.45, 2.75) is 13.0 Å². The van der Waals surface area contributed by atoms with Gasteiger partial charge in [0.15, 0.2) is 11.5 Å². The van der Waals surface area contributed by atoms with Gasteiger partial charge in [0.1, 0.15) is 0 Å². The zero-order valence-corrected chi connectivity index (χ0v) is 16.0. The van der Waals surface area contributed by atoms with E-state index in [-0.39, 0.29) is 5.91 Å². The summed E-state index contributed by atoms with van der Waals surface area (Å²) in [6, 6.07) is 15.2. The van der Waals surface area contributed by atoms with Gasteiger partial charge in [0, 0.05) is 13.1 Å². The number of hydrogen-bond donors (Lipinski definition) is 1. The lowest BCUT2D eigenvalue weighted by molar-refractivity contribution is -0.122. The zero-order chi connectivity index (χ0) is 19.6. The quantitative estimate of drug-likeness (QED) is 0.736. The van der Waals surface area contributed by atoms with E-state index in [4.69, 9.17) is 14.7 Å². The lowest BCUT2D eigenvalue weighted by Crippen LogP contribution is -2.35. The summed E-state index contributed by atoms with van der Waals surface area (Å²) in [4.78, 5) is 14.1. The Morgan fingerprint density at radius 3 is 2.37 bits per heavy atom. The molecule has 142 valence electrons. The van der Waals surface area contributed by atoms with Crippen molar-refractivity contribution < 1.29 is 14.3 Å². The molecule has 0 unspecified atom stereocenters. The van der Waals surface area contributed by atoms with Crippen molar-refractivity contribution in [3.8, 4) is 17.6 Å². The highest BCUT2D eigenvalue weighted by Crippen LogP contribution is 2.27. The van der Waals surface area contributed by atoms with Crippen molar-refractivity contribution in [3.63, 3.8) is 0 Å². The molecule has 0 aromatic heterocycles. The van der Waals surface area contributed by atoms with Crippen LogP contribution in [0.1, 0.15) is 16.7 Å². The monoisotopic (exact) mass is 367 g/mol. The predicted molar refractivity (Wildman–Crippen MR) is 104 cm³/mol. The molecule has 6 heteroatoms. The van der Waals surface area contributed by atoms with Crippen LogP contribution in [0.5, 0.6) is 11.5 Å². The molecule has 6 nitrogen and oxygen atoms in total. The average molecular weight is 367 g/mol. The smallest absolute Gasteiger partial charge is 0.234 e. The summed E-state index contributed by atoms with van der Waals surface area (Å²) in [7, 11) is 5.10. The number of methoxy groups -OCH3 is 2. The Labute approximate surface area is 160 Å². The number of nitrogens with one attached hydrogen (secondary N) is 1. The topological polar surface area (TPSA) is 74.6 Å². The number of nitriles is 1. The second kappa shape index (κ2) is 10.2. The van der Waals surface area contributed by atoms with Crippen LogP contribution >= 0.6 is 0 Å². The fraction of sp³-hybridized carbons (Fsp3) is 0.333. The van der Waals surface area contributed by atoms with E-state index in [1.165, 1.54) is 0 Å². The molecule has 1 amide bonds. The summed E-state index contributed by atoms with van der Waals surface area (Å²) < 4.78 is 10.5. The standard InChI is InChI=1S/C21H25N3O3/c1-24(14-18-6-4-17(13-22)5-7-18)15-21(25)23-11-10-16-8-9-19(26-2)20(12-16)27-3/h4-9,12H,10-11,14-15H2,1-3H3,(H,23,25). The van der Waals surface area contributed by atoms with Gasteiger partial charge >= 0.3 is 0 Å². The maximum Gasteiger partial charge on any atom is 0.234 e. The molecular weight excluding hydrogens is 342 g/mol. The van der Waals surface area contributed by atoms with Crippen LogP contribution < -0.4 is 14.8 Å². The number of rotatable bonds is 9. The van der Waals surface area contributed by atoms with Crippen molar-refractivity contribution in [2.24, 2.45) is 0 Å². The van der Waals surface area contributed by atoms with E-state index in [0.717, 1.165) is 11.1 Å². The van der Waals surface area contributed by atoms with Crippen LogP contribution in [0.15, 0.2) is 42.5 Å². The molecule has 27 heavy (non-hydrogen) atoms. The summed E-state index contributed by atoms with van der Waals surface area (Å²) in [6.45, 7) is 1.51. The molecule has 0 bridgehead atoms. The first kappa shape index (κ1) is 20.3. The highest BCUT2D eigenvalue weighted by molar-refractivity contribution is 5.77. The minimum atomic E-state index is -0.0216. The maximum absolute atomic E-state index is 12.1. The van der Waals surface area contributed by atoms with Gasteiger partial charge in [-0.1, -0.05) is 18.2 Å². The second-order valence-electron chi connectivity index (χ2n) is 6.27. The molecule has 2 aromatic carbocycles. The molecule has 0 atom stereocenters. The summed E-state index contributed by atoms with van der Waals surface area (Å²) >= 11 is 0. The Balaban J connectivity index is 1.76. The molecule has 0 aliphatic carbocycles. The van der Waals surface area contributed by atoms with E-state index in [1.807, 2.05) is 42.3 Å². The summed E-state index contributed by atoms with van der Waals surface area (Å²) in [5.41, 5.74) is 2.77. The molecule has 0 aliphatic heterocycles. The number of nitrogens with zero attached hydrogens (tertiary/aromatic N) is 2. The van der Waals surface area contributed by atoms with Gasteiger partial charge in [0.05, 0.1) is 32.4 Å². The first-order valence-electron chi connectivity index (χ1n) is 8.71. The first-order valence-corrected chi connectivity index (χ1v) is 8.71. The van der Waals surface area contributed by atoms with Crippen molar-refractivity contribution in [2.75, 3.05) is 34.4 Å². The zero-order valence-electron chi connectivity index (χ0n) is 16.0. The van der Waals surface area contributed by atoms with Crippen molar-refractivity contribution >= 4 is 5.91 Å². The fourth-order valence-corrected chi connectivity index (χ4v) is 2.74. The molecular formula is C21H25N3O3. The van der Waals surface area contributed by atoms with E-state index in [1.54, 1.807) is 26.4 Å². The largest absolute Gasteiger partial charge is 0.493 e. The van der Waals surface area contributed by atoms with Gasteiger partial charge in [-0.3, -0.25) is 9.69 Å². The van der Waals surface area contributed by atoms with Crippen LogP contribution in [-0.2, 0) is 17.8 Å². The Bertz CT molecular complexity index is 797. The van der Waals surface area contributed by atoms with Gasteiger partial charge in [0.25, 0.3) is 0 Å². The van der Waals surface area contributed by atoms with E-state index in [2.05, 4.69) is 11.4 Å². The van der Waals surface area contributed by atoms with E-state index >= 15 is 0 Å². The van der Waals surface area contributed by atoms with Gasteiger partial charge in [-0.15, -0.1) is 0 Å². The van der Waals surface area contributed by atoms with Crippen LogP contribution in [0.4, 0.5) is 0 Å². The third-order valence-corrected chi connectivity index (χ3v) is 4.13. The highest BCUT2D eigenvalue weighted by atomic mass is 16.5. The Morgan fingerprint density at radius 2 is 1.74 bits per heavy atom. The molecule has 0 radical (unpaired) electrons. The molecule has 0 saturated heterocycles. The third kappa shape index (κ3) is 6.32. The van der Waals surface area contributed by atoms with Crippen molar-refractivity contribution in [1.29, 1.82) is 5.26 Å². The maximum atomic E-state index is 12.1. The molecule has 2 aromatic rings. The summed E-state index contributed by atoms with van der Waals surface area (Å²) in [6.07, 6.45) is 0.714. The summed E-state index contributed by atoms with van der Waals surface area (Å²) in [5, 5.41) is 11.8. The van der Waals surface area contributed by atoms with E-state index < -0.39 is 0 Å². The van der Waals surface area contributed by atoms with Crippen LogP contribution in [0, 0.1) is 11.3 Å². The Kier molecular flexibility index (Phi) is 7.65. The highest BCUT2D eigenvalue weighted by Gasteiger charge is 2.08. The van der Waals surface area contributed by atoms with Crippen LogP contribution in [0.3, 0.4) is 0 Å². The SMILES string of the molecule is COc1ccc(CCNC(=O)CN(C)Cc2ccc(C#N)cc2)cc1OC. The lowest BCUT2D eigenvalue weighted by Gasteiger charge is -2.16. The number of benzene rings is 2. The van der Waals surface area contributed by atoms with Crippen LogP contribution in [0.25, 0.3) is 0 Å². The number of amides is 1. The number of ether oxygens (including phenoxy) is 2. The van der Waals surface area contributed by atoms with Crippen molar-refractivity contribution in [3.05, 3.63) is 59.2 Å². The molecule has 2 rings (SSSR count). The number of carbonyl (C=O) groups is 1.